The summed E-state index contributed by atoms with van der Waals surface area (Å²) in [6, 6.07) is 0. The van der Waals surface area contributed by atoms with E-state index in [-0.39, 0.29) is 11.7 Å². The van der Waals surface area contributed by atoms with Gasteiger partial charge in [0, 0.05) is 0 Å². The Morgan fingerprint density at radius 3 is 2.55 bits per heavy atom. The van der Waals surface area contributed by atoms with Crippen molar-refractivity contribution < 1.29 is 4.74 Å². The van der Waals surface area contributed by atoms with E-state index in [1.165, 1.54) is 5.57 Å². The summed E-state index contributed by atoms with van der Waals surface area (Å²) in [5.41, 5.74) is 1.47. The van der Waals surface area contributed by atoms with Crippen molar-refractivity contribution in [2.75, 3.05) is 0 Å². The normalized spacial score (nSPS) is 35.1. The Morgan fingerprint density at radius 1 is 1.64 bits per heavy atom. The van der Waals surface area contributed by atoms with Gasteiger partial charge in [-0.05, 0) is 40.5 Å². The van der Waals surface area contributed by atoms with Crippen molar-refractivity contribution >= 4 is 0 Å². The maximum absolute atomic E-state index is 5.35. The van der Waals surface area contributed by atoms with Gasteiger partial charge in [0.2, 0.25) is 0 Å². The Kier molecular flexibility index (Phi) is 2.38. The van der Waals surface area contributed by atoms with Crippen molar-refractivity contribution in [3.8, 4) is 0 Å². The van der Waals surface area contributed by atoms with Crippen LogP contribution in [0.4, 0.5) is 0 Å². The molecule has 2 unspecified atom stereocenters. The molecule has 0 N–H and O–H groups in total. The van der Waals surface area contributed by atoms with Gasteiger partial charge in [-0.1, -0.05) is 11.6 Å². The molecule has 2 atom stereocenters. The van der Waals surface area contributed by atoms with Gasteiger partial charge < -0.3 is 4.74 Å². The predicted molar refractivity (Wildman–Crippen MR) is 47.3 cm³/mol. The van der Waals surface area contributed by atoms with Gasteiger partial charge >= 0.3 is 0 Å². The van der Waals surface area contributed by atoms with Crippen LogP contribution in [0.25, 0.3) is 0 Å². The van der Waals surface area contributed by atoms with Crippen LogP contribution in [-0.2, 0) is 4.74 Å². The summed E-state index contributed by atoms with van der Waals surface area (Å²) in [7, 11) is 0. The summed E-state index contributed by atoms with van der Waals surface area (Å²) in [5, 5.41) is 0. The van der Waals surface area contributed by atoms with E-state index in [1.54, 1.807) is 0 Å². The smallest absolute Gasteiger partial charge is 0.0923 e. The third-order valence-electron chi connectivity index (χ3n) is 2.23. The van der Waals surface area contributed by atoms with Crippen molar-refractivity contribution in [2.45, 2.75) is 45.3 Å². The molecule has 0 bridgehead atoms. The Balaban J connectivity index is 2.19. The van der Waals surface area contributed by atoms with E-state index < -0.39 is 0 Å². The van der Waals surface area contributed by atoms with Crippen molar-refractivity contribution in [2.24, 2.45) is 0 Å². The number of hydrogen-bond acceptors (Lipinski definition) is 1. The highest BCUT2D eigenvalue weighted by molar-refractivity contribution is 5.03. The molecule has 11 heavy (non-hydrogen) atoms. The van der Waals surface area contributed by atoms with Crippen LogP contribution < -0.4 is 0 Å². The third-order valence-corrected chi connectivity index (χ3v) is 2.23. The minimum atomic E-state index is 0.0892. The average Bonchev–Trinajstić information content (AvgIpc) is 2.39. The zero-order chi connectivity index (χ0) is 8.48. The Hall–Kier alpha value is -0.300. The first kappa shape index (κ1) is 8.79. The highest BCUT2D eigenvalue weighted by Crippen LogP contribution is 2.39. The van der Waals surface area contributed by atoms with Gasteiger partial charge in [-0.2, -0.15) is 0 Å². The molecule has 1 aliphatic heterocycles. The number of hydrogen-bond donors (Lipinski definition) is 0. The molecule has 0 saturated carbocycles. The molecular formula is C10H17O. The molecule has 1 nitrogen and oxygen atoms in total. The van der Waals surface area contributed by atoms with E-state index in [9.17, 15) is 0 Å². The summed E-state index contributed by atoms with van der Waals surface area (Å²) >= 11 is 0. The van der Waals surface area contributed by atoms with Crippen molar-refractivity contribution in [1.82, 2.24) is 0 Å². The summed E-state index contributed by atoms with van der Waals surface area (Å²) in [6.45, 7) is 10.2. The number of allylic oxidation sites excluding steroid dienone is 2. The maximum atomic E-state index is 5.35. The summed E-state index contributed by atoms with van der Waals surface area (Å²) < 4.78 is 5.35. The van der Waals surface area contributed by atoms with Crippen molar-refractivity contribution in [3.05, 3.63) is 18.6 Å². The van der Waals surface area contributed by atoms with E-state index in [2.05, 4.69) is 33.8 Å². The lowest BCUT2D eigenvalue weighted by Crippen LogP contribution is -2.06. The topological polar surface area (TPSA) is 12.5 Å². The summed E-state index contributed by atoms with van der Waals surface area (Å²) in [5.74, 6) is 0. The molecule has 63 valence electrons. The molecule has 1 fully saturated rings. The second kappa shape index (κ2) is 2.98. The van der Waals surface area contributed by atoms with E-state index in [0.29, 0.717) is 0 Å². The first-order chi connectivity index (χ1) is 5.04. The maximum Gasteiger partial charge on any atom is 0.0923 e. The van der Waals surface area contributed by atoms with Crippen molar-refractivity contribution in [1.29, 1.82) is 0 Å². The molecule has 1 saturated heterocycles. The first-order valence-electron chi connectivity index (χ1n) is 4.19. The van der Waals surface area contributed by atoms with Crippen LogP contribution >= 0.6 is 0 Å². The second-order valence-electron chi connectivity index (χ2n) is 3.74. The monoisotopic (exact) mass is 153 g/mol. The molecule has 0 aromatic rings. The number of epoxide rings is 1. The average molecular weight is 153 g/mol. The molecule has 0 spiro atoms. The fraction of sp³-hybridized carbons (Fsp3) is 0.700. The molecule has 1 rings (SSSR count). The van der Waals surface area contributed by atoms with E-state index in [0.717, 1.165) is 12.8 Å². The largest absolute Gasteiger partial charge is 0.366 e. The fourth-order valence-electron chi connectivity index (χ4n) is 1.16. The number of ether oxygens (including phenoxy) is 1. The molecule has 0 aromatic carbocycles. The Morgan fingerprint density at radius 2 is 2.18 bits per heavy atom. The van der Waals surface area contributed by atoms with Gasteiger partial charge in [0.15, 0.2) is 0 Å². The van der Waals surface area contributed by atoms with Crippen LogP contribution in [0.2, 0.25) is 0 Å². The molecule has 1 aliphatic rings. The van der Waals surface area contributed by atoms with Gasteiger partial charge in [-0.3, -0.25) is 0 Å². The molecule has 1 radical (unpaired) electrons. The van der Waals surface area contributed by atoms with Gasteiger partial charge in [0.25, 0.3) is 0 Å². The lowest BCUT2D eigenvalue weighted by molar-refractivity contribution is 0.303. The van der Waals surface area contributed by atoms with Crippen LogP contribution in [0, 0.1) is 6.92 Å². The van der Waals surface area contributed by atoms with Gasteiger partial charge in [-0.25, -0.2) is 0 Å². The van der Waals surface area contributed by atoms with E-state index >= 15 is 0 Å². The second-order valence-corrected chi connectivity index (χ2v) is 3.74. The highest BCUT2D eigenvalue weighted by Gasteiger charge is 2.47. The highest BCUT2D eigenvalue weighted by atomic mass is 16.6. The molecule has 1 heterocycles. The first-order valence-corrected chi connectivity index (χ1v) is 4.19. The lowest BCUT2D eigenvalue weighted by Gasteiger charge is -2.01. The summed E-state index contributed by atoms with van der Waals surface area (Å²) in [6.07, 6.45) is 4.70. The third kappa shape index (κ3) is 2.33. The molecule has 0 aliphatic carbocycles. The van der Waals surface area contributed by atoms with Crippen LogP contribution in [0.1, 0.15) is 33.6 Å². The Labute approximate surface area is 69.4 Å². The van der Waals surface area contributed by atoms with Gasteiger partial charge in [0.05, 0.1) is 11.7 Å². The summed E-state index contributed by atoms with van der Waals surface area (Å²) in [4.78, 5) is 0. The molecule has 0 aromatic heterocycles. The van der Waals surface area contributed by atoms with Crippen LogP contribution in [0.3, 0.4) is 0 Å². The number of rotatable bonds is 3. The van der Waals surface area contributed by atoms with E-state index in [1.807, 2.05) is 0 Å². The SMILES string of the molecule is [CH2]C1OC1(C)CCC=C(C)C. The molecular weight excluding hydrogens is 136 g/mol. The van der Waals surface area contributed by atoms with Gasteiger partial charge in [-0.15, -0.1) is 0 Å². The zero-order valence-corrected chi connectivity index (χ0v) is 7.68. The van der Waals surface area contributed by atoms with Crippen molar-refractivity contribution in [3.63, 3.8) is 0 Å². The van der Waals surface area contributed by atoms with Crippen LogP contribution in [-0.4, -0.2) is 11.7 Å². The fourth-order valence-corrected chi connectivity index (χ4v) is 1.16. The predicted octanol–water partition coefficient (Wildman–Crippen LogP) is 2.72. The standard InChI is InChI=1S/C10H17O/c1-8(2)6-5-7-10(4)9(3)11-10/h6,9H,3,5,7H2,1-2,4H3. The minimum Gasteiger partial charge on any atom is -0.366 e. The minimum absolute atomic E-state index is 0.0892. The van der Waals surface area contributed by atoms with Crippen LogP contribution in [0.5, 0.6) is 0 Å². The Bertz CT molecular complexity index is 168. The van der Waals surface area contributed by atoms with Gasteiger partial charge in [0.1, 0.15) is 0 Å². The lowest BCUT2D eigenvalue weighted by atomic mass is 10.0. The molecule has 1 heteroatoms. The van der Waals surface area contributed by atoms with E-state index in [4.69, 9.17) is 4.74 Å². The molecule has 0 amide bonds. The zero-order valence-electron chi connectivity index (χ0n) is 7.68. The van der Waals surface area contributed by atoms with Crippen LogP contribution in [0.15, 0.2) is 11.6 Å². The quantitative estimate of drug-likeness (QED) is 0.448.